The first-order valence-corrected chi connectivity index (χ1v) is 9.10. The highest BCUT2D eigenvalue weighted by Gasteiger charge is 2.32. The van der Waals surface area contributed by atoms with Crippen LogP contribution in [0.1, 0.15) is 24.8 Å². The summed E-state index contributed by atoms with van der Waals surface area (Å²) >= 11 is 0. The molecule has 0 radical (unpaired) electrons. The maximum atomic E-state index is 10.1. The molecule has 5 nitrogen and oxygen atoms in total. The van der Waals surface area contributed by atoms with Gasteiger partial charge in [-0.15, -0.1) is 0 Å². The quantitative estimate of drug-likeness (QED) is 0.844. The van der Waals surface area contributed by atoms with E-state index in [-0.39, 0.29) is 12.7 Å². The molecular formula is C19H30N2O3. The Bertz CT molecular complexity index is 489. The standard InChI is InChI=1S/C19H30N2O3/c22-16-19(23)7-10-20(11-8-19)14-18-15-21(9-4-12-24-18)13-17-5-2-1-3-6-17/h1-3,5-6,18,22-23H,4,7-16H2/t18-/m1/s1. The van der Waals surface area contributed by atoms with Gasteiger partial charge in [-0.3, -0.25) is 4.90 Å². The Labute approximate surface area is 144 Å². The summed E-state index contributed by atoms with van der Waals surface area (Å²) in [6.07, 6.45) is 2.58. The second-order valence-electron chi connectivity index (χ2n) is 7.25. The minimum Gasteiger partial charge on any atom is -0.393 e. The Kier molecular flexibility index (Phi) is 6.25. The van der Waals surface area contributed by atoms with Crippen molar-refractivity contribution in [2.45, 2.75) is 37.5 Å². The average Bonchev–Trinajstić information content (AvgIpc) is 2.83. The van der Waals surface area contributed by atoms with Gasteiger partial charge in [-0.2, -0.15) is 0 Å². The van der Waals surface area contributed by atoms with E-state index in [0.29, 0.717) is 12.8 Å². The zero-order valence-corrected chi connectivity index (χ0v) is 14.4. The van der Waals surface area contributed by atoms with Gasteiger partial charge in [0.2, 0.25) is 0 Å². The highest BCUT2D eigenvalue weighted by Crippen LogP contribution is 2.22. The third-order valence-corrected chi connectivity index (χ3v) is 5.23. The smallest absolute Gasteiger partial charge is 0.0901 e. The van der Waals surface area contributed by atoms with Crippen LogP contribution in [0.5, 0.6) is 0 Å². The second kappa shape index (κ2) is 8.41. The van der Waals surface area contributed by atoms with Crippen LogP contribution in [0.15, 0.2) is 30.3 Å². The van der Waals surface area contributed by atoms with Gasteiger partial charge < -0.3 is 19.8 Å². The molecule has 1 aromatic carbocycles. The van der Waals surface area contributed by atoms with Crippen LogP contribution in [-0.2, 0) is 11.3 Å². The van der Waals surface area contributed by atoms with E-state index >= 15 is 0 Å². The van der Waals surface area contributed by atoms with Crippen LogP contribution in [0, 0.1) is 0 Å². The predicted molar refractivity (Wildman–Crippen MR) is 93.8 cm³/mol. The molecule has 2 heterocycles. The van der Waals surface area contributed by atoms with Crippen molar-refractivity contribution < 1.29 is 14.9 Å². The summed E-state index contributed by atoms with van der Waals surface area (Å²) in [5, 5.41) is 19.4. The van der Waals surface area contributed by atoms with Crippen LogP contribution in [-0.4, -0.2) is 77.7 Å². The molecule has 0 aromatic heterocycles. The third kappa shape index (κ3) is 5.01. The van der Waals surface area contributed by atoms with Gasteiger partial charge in [0, 0.05) is 45.9 Å². The molecule has 1 aromatic rings. The fraction of sp³-hybridized carbons (Fsp3) is 0.684. The second-order valence-corrected chi connectivity index (χ2v) is 7.25. The van der Waals surface area contributed by atoms with Gasteiger partial charge in [-0.25, -0.2) is 0 Å². The first-order valence-electron chi connectivity index (χ1n) is 9.10. The normalized spacial score (nSPS) is 26.2. The van der Waals surface area contributed by atoms with E-state index in [1.807, 2.05) is 0 Å². The van der Waals surface area contributed by atoms with Crippen molar-refractivity contribution in [2.24, 2.45) is 0 Å². The van der Waals surface area contributed by atoms with E-state index in [2.05, 4.69) is 40.1 Å². The Hall–Kier alpha value is -0.980. The summed E-state index contributed by atoms with van der Waals surface area (Å²) < 4.78 is 6.06. The fourth-order valence-electron chi connectivity index (χ4n) is 3.66. The highest BCUT2D eigenvalue weighted by atomic mass is 16.5. The lowest BCUT2D eigenvalue weighted by atomic mass is 9.92. The van der Waals surface area contributed by atoms with Crippen LogP contribution in [0.25, 0.3) is 0 Å². The minimum atomic E-state index is -0.875. The van der Waals surface area contributed by atoms with E-state index in [9.17, 15) is 10.2 Å². The number of benzene rings is 1. The summed E-state index contributed by atoms with van der Waals surface area (Å²) in [7, 11) is 0. The van der Waals surface area contributed by atoms with Gasteiger partial charge in [-0.1, -0.05) is 30.3 Å². The molecule has 2 saturated heterocycles. The van der Waals surface area contributed by atoms with Gasteiger partial charge in [0.25, 0.3) is 0 Å². The fourth-order valence-corrected chi connectivity index (χ4v) is 3.66. The zero-order chi connectivity index (χ0) is 16.8. The molecule has 0 saturated carbocycles. The van der Waals surface area contributed by atoms with Crippen molar-refractivity contribution in [3.8, 4) is 0 Å². The van der Waals surface area contributed by atoms with Crippen LogP contribution in [0.3, 0.4) is 0 Å². The highest BCUT2D eigenvalue weighted by molar-refractivity contribution is 5.14. The molecule has 134 valence electrons. The molecular weight excluding hydrogens is 304 g/mol. The molecule has 0 unspecified atom stereocenters. The van der Waals surface area contributed by atoms with Crippen molar-refractivity contribution >= 4 is 0 Å². The lowest BCUT2D eigenvalue weighted by molar-refractivity contribution is -0.0684. The average molecular weight is 334 g/mol. The zero-order valence-electron chi connectivity index (χ0n) is 14.4. The van der Waals surface area contributed by atoms with Gasteiger partial charge in [0.1, 0.15) is 0 Å². The summed E-state index contributed by atoms with van der Waals surface area (Å²) in [4.78, 5) is 4.85. The molecule has 2 aliphatic rings. The van der Waals surface area contributed by atoms with Crippen molar-refractivity contribution in [1.82, 2.24) is 9.80 Å². The number of nitrogens with zero attached hydrogens (tertiary/aromatic N) is 2. The molecule has 0 aliphatic carbocycles. The summed E-state index contributed by atoms with van der Waals surface area (Å²) in [6.45, 7) is 6.27. The largest absolute Gasteiger partial charge is 0.393 e. The number of aliphatic hydroxyl groups is 2. The van der Waals surface area contributed by atoms with Crippen molar-refractivity contribution in [3.05, 3.63) is 35.9 Å². The molecule has 0 bridgehead atoms. The number of ether oxygens (including phenoxy) is 1. The Morgan fingerprint density at radius 3 is 2.54 bits per heavy atom. The van der Waals surface area contributed by atoms with E-state index in [1.54, 1.807) is 0 Å². The van der Waals surface area contributed by atoms with Gasteiger partial charge in [0.05, 0.1) is 18.3 Å². The number of hydrogen-bond acceptors (Lipinski definition) is 5. The Morgan fingerprint density at radius 1 is 1.08 bits per heavy atom. The number of hydrogen-bond donors (Lipinski definition) is 2. The third-order valence-electron chi connectivity index (χ3n) is 5.23. The topological polar surface area (TPSA) is 56.2 Å². The molecule has 0 spiro atoms. The molecule has 2 aliphatic heterocycles. The number of rotatable bonds is 5. The summed E-state index contributed by atoms with van der Waals surface area (Å²) in [5.74, 6) is 0. The first kappa shape index (κ1) is 17.8. The molecule has 3 rings (SSSR count). The predicted octanol–water partition coefficient (Wildman–Crippen LogP) is 1.10. The SMILES string of the molecule is OCC1(O)CCN(C[C@@H]2CN(Cc3ccccc3)CCCO2)CC1. The van der Waals surface area contributed by atoms with Crippen LogP contribution >= 0.6 is 0 Å². The Balaban J connectivity index is 1.50. The van der Waals surface area contributed by atoms with Gasteiger partial charge in [0.15, 0.2) is 0 Å². The van der Waals surface area contributed by atoms with E-state index < -0.39 is 5.60 Å². The van der Waals surface area contributed by atoms with Gasteiger partial charge >= 0.3 is 0 Å². The molecule has 2 fully saturated rings. The maximum absolute atomic E-state index is 10.1. The summed E-state index contributed by atoms with van der Waals surface area (Å²) in [5.41, 5.74) is 0.476. The van der Waals surface area contributed by atoms with E-state index in [0.717, 1.165) is 52.3 Å². The molecule has 0 amide bonds. The summed E-state index contributed by atoms with van der Waals surface area (Å²) in [6, 6.07) is 10.6. The molecule has 1 atom stereocenters. The van der Waals surface area contributed by atoms with E-state index in [1.165, 1.54) is 5.56 Å². The first-order chi connectivity index (χ1) is 11.7. The van der Waals surface area contributed by atoms with E-state index in [4.69, 9.17) is 4.74 Å². The van der Waals surface area contributed by atoms with Crippen molar-refractivity contribution in [3.63, 3.8) is 0 Å². The molecule has 24 heavy (non-hydrogen) atoms. The van der Waals surface area contributed by atoms with Crippen molar-refractivity contribution in [2.75, 3.05) is 45.9 Å². The lowest BCUT2D eigenvalue weighted by Gasteiger charge is -2.38. The van der Waals surface area contributed by atoms with Crippen molar-refractivity contribution in [1.29, 1.82) is 0 Å². The maximum Gasteiger partial charge on any atom is 0.0901 e. The lowest BCUT2D eigenvalue weighted by Crippen LogP contribution is -2.49. The minimum absolute atomic E-state index is 0.133. The van der Waals surface area contributed by atoms with Gasteiger partial charge in [-0.05, 0) is 24.8 Å². The monoisotopic (exact) mass is 334 g/mol. The number of likely N-dealkylation sites (tertiary alicyclic amines) is 1. The molecule has 5 heteroatoms. The number of aliphatic hydroxyl groups excluding tert-OH is 1. The molecule has 2 N–H and O–H groups in total. The van der Waals surface area contributed by atoms with Crippen LogP contribution < -0.4 is 0 Å². The van der Waals surface area contributed by atoms with Crippen LogP contribution in [0.2, 0.25) is 0 Å². The Morgan fingerprint density at radius 2 is 1.83 bits per heavy atom. The van der Waals surface area contributed by atoms with Crippen LogP contribution in [0.4, 0.5) is 0 Å². The number of piperidine rings is 1.